The number of nitrogens with zero attached hydrogens (tertiary/aromatic N) is 1. The molecular formula is C36H56NO7S-. The monoisotopic (exact) mass is 646 g/mol. The van der Waals surface area contributed by atoms with Crippen molar-refractivity contribution in [2.75, 3.05) is 19.8 Å². The van der Waals surface area contributed by atoms with Crippen LogP contribution in [0, 0.1) is 11.3 Å². The van der Waals surface area contributed by atoms with Crippen molar-refractivity contribution < 1.29 is 31.8 Å². The van der Waals surface area contributed by atoms with Gasteiger partial charge >= 0.3 is 0 Å². The molecule has 1 amide bonds. The molecule has 1 N–H and O–H groups in total. The number of allylic oxidation sites excluding steroid dienone is 5. The van der Waals surface area contributed by atoms with Crippen LogP contribution in [0.1, 0.15) is 106 Å². The summed E-state index contributed by atoms with van der Waals surface area (Å²) in [7, 11) is -4.73. The molecule has 0 aliphatic rings. The highest BCUT2D eigenvalue weighted by atomic mass is 32.3. The predicted octanol–water partition coefficient (Wildman–Crippen LogP) is 8.33. The minimum absolute atomic E-state index is 0.0289. The Kier molecular flexibility index (Phi) is 18.3. The maximum absolute atomic E-state index is 13.9. The summed E-state index contributed by atoms with van der Waals surface area (Å²) in [4.78, 5) is 15.6. The zero-order valence-electron chi connectivity index (χ0n) is 28.7. The molecule has 0 radical (unpaired) electrons. The van der Waals surface area contributed by atoms with E-state index >= 15 is 0 Å². The number of hydrogen-bond acceptors (Lipinski definition) is 7. The lowest BCUT2D eigenvalue weighted by molar-refractivity contribution is -0.146. The first-order chi connectivity index (χ1) is 21.0. The van der Waals surface area contributed by atoms with Crippen LogP contribution in [-0.4, -0.2) is 54.9 Å². The fourth-order valence-corrected chi connectivity index (χ4v) is 5.15. The van der Waals surface area contributed by atoms with E-state index in [1.54, 1.807) is 35.2 Å². The van der Waals surface area contributed by atoms with E-state index in [1.165, 1.54) is 22.8 Å². The lowest BCUT2D eigenvalue weighted by Gasteiger charge is -2.37. The quantitative estimate of drug-likeness (QED) is 0.0356. The van der Waals surface area contributed by atoms with Gasteiger partial charge in [0.2, 0.25) is 16.3 Å². The van der Waals surface area contributed by atoms with Gasteiger partial charge in [-0.2, -0.15) is 0 Å². The molecule has 0 heterocycles. The number of phenols is 1. The number of amides is 1. The molecule has 0 saturated heterocycles. The fourth-order valence-electron chi connectivity index (χ4n) is 4.83. The third-order valence-corrected chi connectivity index (χ3v) is 8.09. The van der Waals surface area contributed by atoms with Crippen molar-refractivity contribution in [3.63, 3.8) is 0 Å². The van der Waals surface area contributed by atoms with Crippen LogP contribution in [-0.2, 0) is 24.1 Å². The Balaban J connectivity index is 3.27. The summed E-state index contributed by atoms with van der Waals surface area (Å²) in [5, 5.41) is 10.2. The van der Waals surface area contributed by atoms with Gasteiger partial charge in [0.25, 0.3) is 0 Å². The second-order valence-corrected chi connectivity index (χ2v) is 14.2. The molecule has 0 aliphatic carbocycles. The van der Waals surface area contributed by atoms with Crippen LogP contribution in [0.4, 0.5) is 0 Å². The Morgan fingerprint density at radius 1 is 1.02 bits per heavy atom. The van der Waals surface area contributed by atoms with Crippen LogP contribution in [0.2, 0.25) is 0 Å². The van der Waals surface area contributed by atoms with Crippen molar-refractivity contribution in [3.05, 3.63) is 70.9 Å². The Morgan fingerprint density at radius 3 is 2.29 bits per heavy atom. The molecule has 45 heavy (non-hydrogen) atoms. The molecule has 0 fully saturated rings. The number of rotatable bonds is 21. The van der Waals surface area contributed by atoms with Gasteiger partial charge in [0.15, 0.2) is 0 Å². The van der Waals surface area contributed by atoms with Crippen LogP contribution in [0.15, 0.2) is 65.3 Å². The van der Waals surface area contributed by atoms with Gasteiger partial charge in [0, 0.05) is 24.1 Å². The maximum Gasteiger partial charge on any atom is 0.248 e. The molecule has 0 aromatic heterocycles. The molecule has 0 bridgehead atoms. The minimum atomic E-state index is -4.73. The molecule has 0 saturated carbocycles. The number of benzene rings is 1. The first-order valence-corrected chi connectivity index (χ1v) is 17.2. The topological polar surface area (TPSA) is 116 Å². The number of phenolic OH excluding ortho intramolecular Hbond substituents is 1. The molecule has 0 spiro atoms. The summed E-state index contributed by atoms with van der Waals surface area (Å²) in [5.41, 5.74) is 4.03. The minimum Gasteiger partial charge on any atom is -0.726 e. The average molecular weight is 647 g/mol. The van der Waals surface area contributed by atoms with Gasteiger partial charge in [0.1, 0.15) is 12.0 Å². The van der Waals surface area contributed by atoms with Crippen molar-refractivity contribution in [2.24, 2.45) is 11.3 Å². The summed E-state index contributed by atoms with van der Waals surface area (Å²) < 4.78 is 43.4. The predicted molar refractivity (Wildman–Crippen MR) is 182 cm³/mol. The van der Waals surface area contributed by atoms with E-state index in [2.05, 4.69) is 64.0 Å². The van der Waals surface area contributed by atoms with Gasteiger partial charge in [0.05, 0.1) is 13.2 Å². The summed E-state index contributed by atoms with van der Waals surface area (Å²) >= 11 is 0. The SMILES string of the molecule is CC(C)=CCC/C(C)=C/COC(C(C)CCC=C(C)C)N(CCC(C)(C)CCCOS(=O)(=O)[O-])C(=O)/C=C/c1ccccc1O. The van der Waals surface area contributed by atoms with Gasteiger partial charge in [-0.05, 0) is 97.1 Å². The van der Waals surface area contributed by atoms with Crippen molar-refractivity contribution >= 4 is 22.4 Å². The largest absolute Gasteiger partial charge is 0.726 e. The van der Waals surface area contributed by atoms with E-state index in [0.29, 0.717) is 38.0 Å². The van der Waals surface area contributed by atoms with E-state index in [1.807, 2.05) is 13.8 Å². The number of hydrogen-bond donors (Lipinski definition) is 1. The highest BCUT2D eigenvalue weighted by Gasteiger charge is 2.30. The van der Waals surface area contributed by atoms with Crippen LogP contribution in [0.3, 0.4) is 0 Å². The second kappa shape index (κ2) is 20.4. The van der Waals surface area contributed by atoms with Gasteiger partial charge in [-0.1, -0.05) is 73.9 Å². The standard InChI is InChI=1S/C36H57NO7S/c1-28(2)14-11-16-30(5)22-27-43-35(31(6)17-12-15-29(3)4)37(34(39)21-20-32-18-9-10-19-33(32)38)25-24-36(7,8)23-13-26-44-45(40,41)42/h9-10,14-15,18-22,31,35,38H,11-13,16-17,23-27H2,1-8H3,(H,40,41,42)/p-1/b21-20+,30-22+. The molecule has 0 aliphatic heterocycles. The normalized spacial score (nSPS) is 13.8. The zero-order valence-corrected chi connectivity index (χ0v) is 29.5. The van der Waals surface area contributed by atoms with Crippen molar-refractivity contribution in [1.82, 2.24) is 4.90 Å². The van der Waals surface area contributed by atoms with E-state index in [-0.39, 0.29) is 29.6 Å². The molecule has 1 aromatic rings. The van der Waals surface area contributed by atoms with E-state index < -0.39 is 16.6 Å². The smallest absolute Gasteiger partial charge is 0.248 e. The van der Waals surface area contributed by atoms with Crippen molar-refractivity contribution in [3.8, 4) is 5.75 Å². The molecule has 1 rings (SSSR count). The molecule has 1 aromatic carbocycles. The van der Waals surface area contributed by atoms with E-state index in [4.69, 9.17) is 4.74 Å². The van der Waals surface area contributed by atoms with Crippen molar-refractivity contribution in [1.29, 1.82) is 0 Å². The van der Waals surface area contributed by atoms with Crippen LogP contribution < -0.4 is 0 Å². The zero-order chi connectivity index (χ0) is 34.0. The average Bonchev–Trinajstić information content (AvgIpc) is 2.93. The third-order valence-electron chi connectivity index (χ3n) is 7.64. The molecule has 9 heteroatoms. The van der Waals surface area contributed by atoms with Crippen molar-refractivity contribution in [2.45, 2.75) is 107 Å². The Hall–Kier alpha value is -2.72. The maximum atomic E-state index is 13.9. The lowest BCUT2D eigenvalue weighted by Crippen LogP contribution is -2.46. The first kappa shape index (κ1) is 40.3. The Labute approximate surface area is 272 Å². The fraction of sp³-hybridized carbons (Fsp3) is 0.583. The van der Waals surface area contributed by atoms with Gasteiger partial charge in [-0.15, -0.1) is 0 Å². The lowest BCUT2D eigenvalue weighted by atomic mass is 9.84. The highest BCUT2D eigenvalue weighted by Crippen LogP contribution is 2.29. The Morgan fingerprint density at radius 2 is 1.67 bits per heavy atom. The summed E-state index contributed by atoms with van der Waals surface area (Å²) in [5.74, 6) is -0.104. The van der Waals surface area contributed by atoms with Gasteiger partial charge in [-0.25, -0.2) is 8.42 Å². The third kappa shape index (κ3) is 18.8. The first-order valence-electron chi connectivity index (χ1n) is 15.9. The van der Waals surface area contributed by atoms with Gasteiger partial charge in [-0.3, -0.25) is 8.98 Å². The molecule has 254 valence electrons. The van der Waals surface area contributed by atoms with Gasteiger partial charge < -0.3 is 19.3 Å². The van der Waals surface area contributed by atoms with Crippen LogP contribution in [0.25, 0.3) is 6.08 Å². The summed E-state index contributed by atoms with van der Waals surface area (Å²) in [6.45, 7) is 17.2. The van der Waals surface area contributed by atoms with Crippen LogP contribution in [0.5, 0.6) is 5.75 Å². The summed E-state index contributed by atoms with van der Waals surface area (Å²) in [6.07, 6.45) is 14.3. The van der Waals surface area contributed by atoms with E-state index in [0.717, 1.165) is 25.7 Å². The molecule has 2 atom stereocenters. The number of carbonyl (C=O) groups excluding carboxylic acids is 1. The number of carbonyl (C=O) groups is 1. The highest BCUT2D eigenvalue weighted by molar-refractivity contribution is 7.80. The molecule has 8 nitrogen and oxygen atoms in total. The number of ether oxygens (including phenoxy) is 1. The number of para-hydroxylation sites is 1. The van der Waals surface area contributed by atoms with Crippen LogP contribution >= 0.6 is 0 Å². The second-order valence-electron chi connectivity index (χ2n) is 13.1. The molecular weight excluding hydrogens is 590 g/mol. The summed E-state index contributed by atoms with van der Waals surface area (Å²) in [6, 6.07) is 6.86. The van der Waals surface area contributed by atoms with E-state index in [9.17, 15) is 22.9 Å². The molecule has 2 unspecified atom stereocenters. The Bertz CT molecular complexity index is 1270. The number of aromatic hydroxyl groups is 1.